The molecular formula is C15H26O3. The fraction of sp³-hybridized carbons (Fsp3) is 0.800. The van der Waals surface area contributed by atoms with E-state index in [2.05, 4.69) is 6.58 Å². The van der Waals surface area contributed by atoms with Crippen LogP contribution in [0.25, 0.3) is 0 Å². The Hall–Kier alpha value is -0.830. The van der Waals surface area contributed by atoms with Crippen LogP contribution >= 0.6 is 0 Å². The van der Waals surface area contributed by atoms with Crippen LogP contribution in [0.1, 0.15) is 59.8 Å². The van der Waals surface area contributed by atoms with Crippen molar-refractivity contribution in [3.63, 3.8) is 0 Å². The predicted molar refractivity (Wildman–Crippen MR) is 72.4 cm³/mol. The third-order valence-electron chi connectivity index (χ3n) is 3.78. The Morgan fingerprint density at radius 2 is 1.89 bits per heavy atom. The van der Waals surface area contributed by atoms with Gasteiger partial charge < -0.3 is 9.47 Å². The second-order valence-corrected chi connectivity index (χ2v) is 5.68. The molecule has 0 amide bonds. The van der Waals surface area contributed by atoms with Crippen LogP contribution in [-0.2, 0) is 14.3 Å². The van der Waals surface area contributed by atoms with Crippen LogP contribution in [0.4, 0.5) is 0 Å². The molecule has 1 aliphatic carbocycles. The molecule has 0 N–H and O–H groups in total. The zero-order valence-electron chi connectivity index (χ0n) is 12.2. The molecule has 0 radical (unpaired) electrons. The summed E-state index contributed by atoms with van der Waals surface area (Å²) in [7, 11) is 0. The van der Waals surface area contributed by atoms with Crippen molar-refractivity contribution in [2.75, 3.05) is 6.61 Å². The first-order valence-corrected chi connectivity index (χ1v) is 6.89. The maximum absolute atomic E-state index is 12.4. The van der Waals surface area contributed by atoms with Gasteiger partial charge in [0, 0.05) is 6.61 Å². The zero-order chi connectivity index (χ0) is 13.8. The van der Waals surface area contributed by atoms with Crippen molar-refractivity contribution in [2.24, 2.45) is 0 Å². The van der Waals surface area contributed by atoms with E-state index >= 15 is 0 Å². The van der Waals surface area contributed by atoms with E-state index in [1.165, 1.54) is 5.57 Å². The Morgan fingerprint density at radius 3 is 2.33 bits per heavy atom. The number of hydrogen-bond donors (Lipinski definition) is 0. The van der Waals surface area contributed by atoms with Crippen molar-refractivity contribution in [3.8, 4) is 0 Å². The van der Waals surface area contributed by atoms with Gasteiger partial charge in [-0.05, 0) is 52.9 Å². The minimum Gasteiger partial charge on any atom is -0.458 e. The van der Waals surface area contributed by atoms with Gasteiger partial charge in [0.1, 0.15) is 5.60 Å². The third-order valence-corrected chi connectivity index (χ3v) is 3.78. The second kappa shape index (κ2) is 5.87. The lowest BCUT2D eigenvalue weighted by Gasteiger charge is -2.38. The van der Waals surface area contributed by atoms with E-state index in [4.69, 9.17) is 9.47 Å². The summed E-state index contributed by atoms with van der Waals surface area (Å²) in [6.07, 6.45) is 3.88. The molecule has 0 aromatic rings. The topological polar surface area (TPSA) is 35.5 Å². The third kappa shape index (κ3) is 3.58. The van der Waals surface area contributed by atoms with E-state index in [9.17, 15) is 4.79 Å². The number of ether oxygens (including phenoxy) is 2. The zero-order valence-corrected chi connectivity index (χ0v) is 12.2. The number of esters is 1. The highest BCUT2D eigenvalue weighted by molar-refractivity contribution is 5.80. The summed E-state index contributed by atoms with van der Waals surface area (Å²) >= 11 is 0. The van der Waals surface area contributed by atoms with E-state index in [-0.39, 0.29) is 5.97 Å². The molecule has 0 aromatic heterocycles. The fourth-order valence-electron chi connectivity index (χ4n) is 2.11. The molecule has 104 valence electrons. The van der Waals surface area contributed by atoms with Crippen LogP contribution in [-0.4, -0.2) is 23.8 Å². The van der Waals surface area contributed by atoms with Gasteiger partial charge >= 0.3 is 5.97 Å². The van der Waals surface area contributed by atoms with Crippen molar-refractivity contribution in [1.82, 2.24) is 0 Å². The standard InChI is InChI=1S/C15H26O3/c1-6-14(4,5)18-13(16)15(17-7-2)10-8-12(3)9-11-15/h3,6-11H2,1-2,4-5H3. The summed E-state index contributed by atoms with van der Waals surface area (Å²) in [6.45, 7) is 12.3. The molecule has 18 heavy (non-hydrogen) atoms. The highest BCUT2D eigenvalue weighted by Crippen LogP contribution is 2.36. The number of allylic oxidation sites excluding steroid dienone is 1. The van der Waals surface area contributed by atoms with E-state index in [0.29, 0.717) is 19.4 Å². The first kappa shape index (κ1) is 15.2. The molecule has 0 aromatic carbocycles. The smallest absolute Gasteiger partial charge is 0.338 e. The molecule has 3 heteroatoms. The van der Waals surface area contributed by atoms with Gasteiger partial charge in [-0.3, -0.25) is 0 Å². The summed E-state index contributed by atoms with van der Waals surface area (Å²) in [5.41, 5.74) is 0.0331. The summed E-state index contributed by atoms with van der Waals surface area (Å²) < 4.78 is 11.4. The molecule has 0 bridgehead atoms. The van der Waals surface area contributed by atoms with Crippen LogP contribution in [0.5, 0.6) is 0 Å². The Kier molecular flexibility index (Phi) is 4.97. The molecule has 0 aliphatic heterocycles. The number of hydrogen-bond acceptors (Lipinski definition) is 3. The lowest BCUT2D eigenvalue weighted by Crippen LogP contribution is -2.47. The van der Waals surface area contributed by atoms with E-state index in [0.717, 1.165) is 19.3 Å². The first-order valence-electron chi connectivity index (χ1n) is 6.89. The second-order valence-electron chi connectivity index (χ2n) is 5.68. The fourth-order valence-corrected chi connectivity index (χ4v) is 2.11. The summed E-state index contributed by atoms with van der Waals surface area (Å²) in [6, 6.07) is 0. The van der Waals surface area contributed by atoms with E-state index in [1.54, 1.807) is 0 Å². The molecule has 1 aliphatic rings. The van der Waals surface area contributed by atoms with Gasteiger partial charge in [-0.15, -0.1) is 0 Å². The van der Waals surface area contributed by atoms with Gasteiger partial charge in [0.25, 0.3) is 0 Å². The summed E-state index contributed by atoms with van der Waals surface area (Å²) in [5, 5.41) is 0. The van der Waals surface area contributed by atoms with Gasteiger partial charge in [0.05, 0.1) is 0 Å². The molecule has 0 unspecified atom stereocenters. The Morgan fingerprint density at radius 1 is 1.33 bits per heavy atom. The van der Waals surface area contributed by atoms with Crippen molar-refractivity contribution < 1.29 is 14.3 Å². The molecule has 0 saturated heterocycles. The molecule has 1 fully saturated rings. The van der Waals surface area contributed by atoms with Crippen LogP contribution in [0.3, 0.4) is 0 Å². The van der Waals surface area contributed by atoms with Gasteiger partial charge in [-0.2, -0.15) is 0 Å². The van der Waals surface area contributed by atoms with Gasteiger partial charge in [0.15, 0.2) is 5.60 Å². The van der Waals surface area contributed by atoms with Crippen molar-refractivity contribution in [3.05, 3.63) is 12.2 Å². The lowest BCUT2D eigenvalue weighted by atomic mass is 9.82. The average Bonchev–Trinajstić information content (AvgIpc) is 2.32. The predicted octanol–water partition coefficient (Wildman–Crippen LogP) is 3.62. The molecule has 1 saturated carbocycles. The van der Waals surface area contributed by atoms with E-state index < -0.39 is 11.2 Å². The van der Waals surface area contributed by atoms with Crippen molar-refractivity contribution in [1.29, 1.82) is 0 Å². The normalized spacial score (nSPS) is 19.7. The van der Waals surface area contributed by atoms with Gasteiger partial charge in [-0.25, -0.2) is 4.79 Å². The van der Waals surface area contributed by atoms with Gasteiger partial charge in [0.2, 0.25) is 0 Å². The first-order chi connectivity index (χ1) is 8.35. The monoisotopic (exact) mass is 254 g/mol. The largest absolute Gasteiger partial charge is 0.458 e. The number of carbonyl (C=O) groups is 1. The summed E-state index contributed by atoms with van der Waals surface area (Å²) in [4.78, 5) is 12.4. The molecular weight excluding hydrogens is 228 g/mol. The quantitative estimate of drug-likeness (QED) is 0.555. The maximum Gasteiger partial charge on any atom is 0.338 e. The molecule has 0 atom stereocenters. The average molecular weight is 254 g/mol. The summed E-state index contributed by atoms with van der Waals surface area (Å²) in [5.74, 6) is -0.205. The van der Waals surface area contributed by atoms with Crippen LogP contribution in [0, 0.1) is 0 Å². The molecule has 0 heterocycles. The molecule has 3 nitrogen and oxygen atoms in total. The van der Waals surface area contributed by atoms with Crippen LogP contribution in [0.15, 0.2) is 12.2 Å². The Labute approximate surface area is 111 Å². The highest BCUT2D eigenvalue weighted by atomic mass is 16.6. The SMILES string of the molecule is C=C1CCC(OCC)(C(=O)OC(C)(C)CC)CC1. The highest BCUT2D eigenvalue weighted by Gasteiger charge is 2.44. The van der Waals surface area contributed by atoms with Crippen molar-refractivity contribution in [2.45, 2.75) is 71.0 Å². The number of carbonyl (C=O) groups excluding carboxylic acids is 1. The number of rotatable bonds is 5. The molecule has 0 spiro atoms. The van der Waals surface area contributed by atoms with E-state index in [1.807, 2.05) is 27.7 Å². The maximum atomic E-state index is 12.4. The van der Waals surface area contributed by atoms with Gasteiger partial charge in [-0.1, -0.05) is 19.1 Å². The Balaban J connectivity index is 2.78. The lowest BCUT2D eigenvalue weighted by molar-refractivity contribution is -0.188. The van der Waals surface area contributed by atoms with Crippen molar-refractivity contribution >= 4 is 5.97 Å². The van der Waals surface area contributed by atoms with Crippen LogP contribution < -0.4 is 0 Å². The minimum absolute atomic E-state index is 0.205. The minimum atomic E-state index is -0.748. The van der Waals surface area contributed by atoms with Crippen LogP contribution in [0.2, 0.25) is 0 Å². The molecule has 1 rings (SSSR count). The Bertz CT molecular complexity index is 308.